The molecule has 0 bridgehead atoms. The maximum absolute atomic E-state index is 12.2. The molecule has 0 saturated carbocycles. The van der Waals surface area contributed by atoms with E-state index in [0.29, 0.717) is 19.1 Å². The van der Waals surface area contributed by atoms with Crippen LogP contribution in [-0.4, -0.2) is 74.7 Å². The molecule has 2 fully saturated rings. The van der Waals surface area contributed by atoms with Crippen molar-refractivity contribution in [3.8, 4) is 0 Å². The van der Waals surface area contributed by atoms with Crippen molar-refractivity contribution in [3.63, 3.8) is 0 Å². The lowest BCUT2D eigenvalue weighted by Gasteiger charge is -2.36. The highest BCUT2D eigenvalue weighted by molar-refractivity contribution is 5.85. The third-order valence-electron chi connectivity index (χ3n) is 4.05. The number of carbonyl (C=O) groups excluding carboxylic acids is 1. The molecule has 2 rings (SSSR count). The number of rotatable bonds is 3. The molecular weight excluding hydrogens is 266 g/mol. The number of hydrogen-bond donors (Lipinski definition) is 1. The van der Waals surface area contributed by atoms with Crippen molar-refractivity contribution in [2.24, 2.45) is 0 Å². The molecule has 5 nitrogen and oxygen atoms in total. The highest BCUT2D eigenvalue weighted by atomic mass is 35.5. The monoisotopic (exact) mass is 291 g/mol. The number of piperidine rings is 1. The summed E-state index contributed by atoms with van der Waals surface area (Å²) in [5.74, 6) is 0.243. The van der Waals surface area contributed by atoms with Gasteiger partial charge in [-0.1, -0.05) is 0 Å². The van der Waals surface area contributed by atoms with E-state index in [1.165, 1.54) is 0 Å². The molecule has 0 aliphatic carbocycles. The average Bonchev–Trinajstić information content (AvgIpc) is 2.40. The van der Waals surface area contributed by atoms with Crippen molar-refractivity contribution < 1.29 is 9.53 Å². The largest absolute Gasteiger partial charge is 0.378 e. The van der Waals surface area contributed by atoms with E-state index in [1.807, 2.05) is 11.9 Å². The molecule has 6 heteroatoms. The predicted octanol–water partition coefficient (Wildman–Crippen LogP) is 0.339. The van der Waals surface area contributed by atoms with E-state index in [1.54, 1.807) is 0 Å². The van der Waals surface area contributed by atoms with Crippen molar-refractivity contribution in [1.82, 2.24) is 15.1 Å². The summed E-state index contributed by atoms with van der Waals surface area (Å²) in [6, 6.07) is 0.609. The summed E-state index contributed by atoms with van der Waals surface area (Å²) in [6.07, 6.45) is 2.74. The number of hydrogen-bond acceptors (Lipinski definition) is 4. The standard InChI is InChI=1S/C13H25N3O2.ClH/c1-15-6-3-12(4-7-15)16(2)13(17)9-11-10-18-8-5-14-11;/h11-12,14H,3-10H2,1-2H3;1H. The Morgan fingerprint density at radius 1 is 1.42 bits per heavy atom. The van der Waals surface area contributed by atoms with Crippen LogP contribution in [0.5, 0.6) is 0 Å². The van der Waals surface area contributed by atoms with Crippen molar-refractivity contribution in [2.45, 2.75) is 31.3 Å². The zero-order valence-electron chi connectivity index (χ0n) is 11.9. The van der Waals surface area contributed by atoms with Crippen molar-refractivity contribution >= 4 is 18.3 Å². The van der Waals surface area contributed by atoms with Gasteiger partial charge in [0.25, 0.3) is 0 Å². The van der Waals surface area contributed by atoms with Crippen LogP contribution in [0.3, 0.4) is 0 Å². The van der Waals surface area contributed by atoms with Gasteiger partial charge in [-0.3, -0.25) is 4.79 Å². The van der Waals surface area contributed by atoms with E-state index >= 15 is 0 Å². The summed E-state index contributed by atoms with van der Waals surface area (Å²) in [6.45, 7) is 4.46. The fourth-order valence-corrected chi connectivity index (χ4v) is 2.69. The molecule has 1 unspecified atom stereocenters. The molecule has 1 N–H and O–H groups in total. The van der Waals surface area contributed by atoms with Gasteiger partial charge in [-0.25, -0.2) is 0 Å². The van der Waals surface area contributed by atoms with Gasteiger partial charge in [0.2, 0.25) is 5.91 Å². The second kappa shape index (κ2) is 8.04. The lowest BCUT2D eigenvalue weighted by atomic mass is 10.0. The van der Waals surface area contributed by atoms with Gasteiger partial charge < -0.3 is 19.9 Å². The van der Waals surface area contributed by atoms with Crippen LogP contribution in [0.25, 0.3) is 0 Å². The third kappa shape index (κ3) is 4.91. The SMILES string of the molecule is CN1CCC(N(C)C(=O)CC2COCCN2)CC1.Cl. The first-order valence-corrected chi connectivity index (χ1v) is 6.92. The minimum Gasteiger partial charge on any atom is -0.378 e. The molecule has 112 valence electrons. The molecule has 2 aliphatic heterocycles. The summed E-state index contributed by atoms with van der Waals surface area (Å²) < 4.78 is 5.38. The Morgan fingerprint density at radius 3 is 2.68 bits per heavy atom. The highest BCUT2D eigenvalue weighted by Crippen LogP contribution is 2.15. The number of morpholine rings is 1. The minimum atomic E-state index is 0. The van der Waals surface area contributed by atoms with Crippen LogP contribution >= 0.6 is 12.4 Å². The Hall–Kier alpha value is -0.360. The van der Waals surface area contributed by atoms with Crippen LogP contribution < -0.4 is 5.32 Å². The predicted molar refractivity (Wildman–Crippen MR) is 77.8 cm³/mol. The molecule has 2 aliphatic rings. The topological polar surface area (TPSA) is 44.8 Å². The Kier molecular flexibility index (Phi) is 7.07. The number of halogens is 1. The average molecular weight is 292 g/mol. The molecular formula is C13H26ClN3O2. The van der Waals surface area contributed by atoms with Gasteiger partial charge in [0, 0.05) is 32.1 Å². The number of nitrogens with one attached hydrogen (secondary N) is 1. The van der Waals surface area contributed by atoms with Gasteiger partial charge in [0.1, 0.15) is 0 Å². The highest BCUT2D eigenvalue weighted by Gasteiger charge is 2.26. The normalized spacial score (nSPS) is 25.7. The molecule has 2 heterocycles. The first-order valence-electron chi connectivity index (χ1n) is 6.92. The van der Waals surface area contributed by atoms with Crippen molar-refractivity contribution in [1.29, 1.82) is 0 Å². The van der Waals surface area contributed by atoms with Gasteiger partial charge in [-0.15, -0.1) is 12.4 Å². The van der Waals surface area contributed by atoms with E-state index in [2.05, 4.69) is 17.3 Å². The smallest absolute Gasteiger partial charge is 0.224 e. The van der Waals surface area contributed by atoms with Crippen molar-refractivity contribution in [2.75, 3.05) is 46.9 Å². The fraction of sp³-hybridized carbons (Fsp3) is 0.923. The fourth-order valence-electron chi connectivity index (χ4n) is 2.69. The second-order valence-electron chi connectivity index (χ2n) is 5.47. The van der Waals surface area contributed by atoms with Gasteiger partial charge in [-0.05, 0) is 33.0 Å². The second-order valence-corrected chi connectivity index (χ2v) is 5.47. The van der Waals surface area contributed by atoms with E-state index < -0.39 is 0 Å². The minimum absolute atomic E-state index is 0. The van der Waals surface area contributed by atoms with Crippen LogP contribution in [0.2, 0.25) is 0 Å². The number of carbonyl (C=O) groups is 1. The van der Waals surface area contributed by atoms with Crippen LogP contribution in [0.15, 0.2) is 0 Å². The lowest BCUT2D eigenvalue weighted by Crippen LogP contribution is -2.48. The Morgan fingerprint density at radius 2 is 2.11 bits per heavy atom. The van der Waals surface area contributed by atoms with Gasteiger partial charge in [0.15, 0.2) is 0 Å². The molecule has 0 radical (unpaired) electrons. The number of nitrogens with zero attached hydrogens (tertiary/aromatic N) is 2. The summed E-state index contributed by atoms with van der Waals surface area (Å²) in [4.78, 5) is 16.5. The molecule has 2 saturated heterocycles. The molecule has 1 atom stereocenters. The van der Waals surface area contributed by atoms with Crippen LogP contribution in [0.4, 0.5) is 0 Å². The Bertz CT molecular complexity index is 277. The number of amides is 1. The molecule has 0 aromatic carbocycles. The molecule has 0 aromatic rings. The van der Waals surface area contributed by atoms with Gasteiger partial charge in [0.05, 0.1) is 13.2 Å². The van der Waals surface area contributed by atoms with Crippen molar-refractivity contribution in [3.05, 3.63) is 0 Å². The van der Waals surface area contributed by atoms with Crippen LogP contribution in [0, 0.1) is 0 Å². The molecule has 19 heavy (non-hydrogen) atoms. The first kappa shape index (κ1) is 16.7. The summed E-state index contributed by atoms with van der Waals surface area (Å²) in [5.41, 5.74) is 0. The maximum Gasteiger partial charge on any atom is 0.224 e. The zero-order chi connectivity index (χ0) is 13.0. The molecule has 0 spiro atoms. The van der Waals surface area contributed by atoms with Gasteiger partial charge >= 0.3 is 0 Å². The van der Waals surface area contributed by atoms with Gasteiger partial charge in [-0.2, -0.15) is 0 Å². The lowest BCUT2D eigenvalue weighted by molar-refractivity contribution is -0.134. The third-order valence-corrected chi connectivity index (χ3v) is 4.05. The van der Waals surface area contributed by atoms with Crippen LogP contribution in [0.1, 0.15) is 19.3 Å². The van der Waals surface area contributed by atoms with E-state index in [0.717, 1.165) is 39.1 Å². The number of ether oxygens (including phenoxy) is 1. The Balaban J connectivity index is 0.00000180. The molecule has 0 aromatic heterocycles. The summed E-state index contributed by atoms with van der Waals surface area (Å²) >= 11 is 0. The van der Waals surface area contributed by atoms with Crippen LogP contribution in [-0.2, 0) is 9.53 Å². The first-order chi connectivity index (χ1) is 8.66. The molecule has 1 amide bonds. The quantitative estimate of drug-likeness (QED) is 0.814. The zero-order valence-corrected chi connectivity index (χ0v) is 12.7. The van der Waals surface area contributed by atoms with E-state index in [-0.39, 0.29) is 24.4 Å². The number of likely N-dealkylation sites (tertiary alicyclic amines) is 1. The Labute approximate surface area is 122 Å². The summed E-state index contributed by atoms with van der Waals surface area (Å²) in [5, 5.41) is 3.33. The maximum atomic E-state index is 12.2. The van der Waals surface area contributed by atoms with E-state index in [9.17, 15) is 4.79 Å². The summed E-state index contributed by atoms with van der Waals surface area (Å²) in [7, 11) is 4.09. The van der Waals surface area contributed by atoms with E-state index in [4.69, 9.17) is 4.74 Å².